The van der Waals surface area contributed by atoms with Gasteiger partial charge in [0.15, 0.2) is 17.5 Å². The third kappa shape index (κ3) is 6.65. The van der Waals surface area contributed by atoms with Gasteiger partial charge in [-0.15, -0.1) is 0 Å². The highest BCUT2D eigenvalue weighted by molar-refractivity contribution is 5.97. The molecular weight excluding hydrogens is 671 g/mol. The SMILES string of the molecule is CC[C@H]1C[C@H]2C[C@@H](C)CC(c3ccc(-c4nc(-c5ccc(C67CC(C)C[C@H](C[C@H](C)C6)C7)cc5)nc(-c5cc(C#N)cc6cc(C#N)ccc56)n4)cc3)(C2)C1. The second-order valence-electron chi connectivity index (χ2n) is 18.7. The summed E-state index contributed by atoms with van der Waals surface area (Å²) in [6.07, 6.45) is 14.4. The molecule has 0 N–H and O–H groups in total. The molecule has 5 heteroatoms. The van der Waals surface area contributed by atoms with Gasteiger partial charge in [-0.2, -0.15) is 10.5 Å². The van der Waals surface area contributed by atoms with E-state index in [1.54, 1.807) is 0 Å². The van der Waals surface area contributed by atoms with Crippen LogP contribution in [0.15, 0.2) is 78.9 Å². The molecule has 5 aromatic rings. The molecular formula is C50H53N5. The third-order valence-corrected chi connectivity index (χ3v) is 14.3. The molecule has 0 radical (unpaired) electrons. The van der Waals surface area contributed by atoms with E-state index in [4.69, 9.17) is 15.0 Å². The number of benzene rings is 4. The minimum absolute atomic E-state index is 0.250. The summed E-state index contributed by atoms with van der Waals surface area (Å²) >= 11 is 0. The zero-order chi connectivity index (χ0) is 37.9. The van der Waals surface area contributed by atoms with E-state index < -0.39 is 0 Å². The number of rotatable bonds is 6. The molecule has 4 bridgehead atoms. The lowest BCUT2D eigenvalue weighted by atomic mass is 9.54. The highest BCUT2D eigenvalue weighted by atomic mass is 15.0. The Bertz CT molecular complexity index is 2300. The lowest BCUT2D eigenvalue weighted by molar-refractivity contribution is 0.0702. The Labute approximate surface area is 327 Å². The number of nitrogens with zero attached hydrogens (tertiary/aromatic N) is 5. The summed E-state index contributed by atoms with van der Waals surface area (Å²) in [4.78, 5) is 15.5. The fraction of sp³-hybridized carbons (Fsp3) is 0.460. The van der Waals surface area contributed by atoms with Crippen LogP contribution < -0.4 is 0 Å². The molecule has 1 aromatic heterocycles. The first-order chi connectivity index (χ1) is 26.6. The maximum absolute atomic E-state index is 10.1. The van der Waals surface area contributed by atoms with Gasteiger partial charge in [-0.05, 0) is 157 Å². The largest absolute Gasteiger partial charge is 0.208 e. The molecule has 1 heterocycles. The minimum atomic E-state index is 0.250. The van der Waals surface area contributed by atoms with Gasteiger partial charge in [0.1, 0.15) is 0 Å². The van der Waals surface area contributed by atoms with Crippen LogP contribution in [0.5, 0.6) is 0 Å². The van der Waals surface area contributed by atoms with Gasteiger partial charge in [0.05, 0.1) is 23.3 Å². The first-order valence-corrected chi connectivity index (χ1v) is 21.0. The molecule has 4 aliphatic rings. The Morgan fingerprint density at radius 1 is 0.564 bits per heavy atom. The van der Waals surface area contributed by atoms with Crippen molar-refractivity contribution in [3.63, 3.8) is 0 Å². The first-order valence-electron chi connectivity index (χ1n) is 21.0. The van der Waals surface area contributed by atoms with Gasteiger partial charge in [-0.25, -0.2) is 15.0 Å². The van der Waals surface area contributed by atoms with Gasteiger partial charge in [-0.3, -0.25) is 0 Å². The molecule has 278 valence electrons. The average Bonchev–Trinajstić information content (AvgIpc) is 3.19. The molecule has 5 nitrogen and oxygen atoms in total. The van der Waals surface area contributed by atoms with Crippen molar-refractivity contribution in [3.8, 4) is 46.3 Å². The molecule has 4 saturated carbocycles. The Morgan fingerprint density at radius 3 is 1.58 bits per heavy atom. The fourth-order valence-corrected chi connectivity index (χ4v) is 12.6. The van der Waals surface area contributed by atoms with Crippen molar-refractivity contribution in [2.45, 2.75) is 109 Å². The smallest absolute Gasteiger partial charge is 0.164 e. The van der Waals surface area contributed by atoms with Crippen molar-refractivity contribution < 1.29 is 0 Å². The van der Waals surface area contributed by atoms with Gasteiger partial charge >= 0.3 is 0 Å². The van der Waals surface area contributed by atoms with Crippen LogP contribution in [0.2, 0.25) is 0 Å². The van der Waals surface area contributed by atoms with E-state index in [1.807, 2.05) is 30.3 Å². The first kappa shape index (κ1) is 35.8. The van der Waals surface area contributed by atoms with Gasteiger partial charge < -0.3 is 0 Å². The molecule has 4 fully saturated rings. The summed E-state index contributed by atoms with van der Waals surface area (Å²) in [5.74, 6) is 6.51. The average molecular weight is 724 g/mol. The number of fused-ring (bicyclic) bond motifs is 5. The Hall–Kier alpha value is -4.87. The highest BCUT2D eigenvalue weighted by Gasteiger charge is 2.46. The quantitative estimate of drug-likeness (QED) is 0.174. The van der Waals surface area contributed by atoms with E-state index in [1.165, 1.54) is 81.8 Å². The molecule has 55 heavy (non-hydrogen) atoms. The van der Waals surface area contributed by atoms with Gasteiger partial charge in [0, 0.05) is 16.7 Å². The van der Waals surface area contributed by atoms with Crippen LogP contribution in [0.1, 0.15) is 121 Å². The van der Waals surface area contributed by atoms with E-state index in [0.717, 1.165) is 63.0 Å². The van der Waals surface area contributed by atoms with Crippen molar-refractivity contribution in [1.82, 2.24) is 15.0 Å². The zero-order valence-corrected chi connectivity index (χ0v) is 33.0. The molecule has 0 amide bonds. The minimum Gasteiger partial charge on any atom is -0.208 e. The van der Waals surface area contributed by atoms with Crippen molar-refractivity contribution in [2.75, 3.05) is 0 Å². The predicted molar refractivity (Wildman–Crippen MR) is 221 cm³/mol. The molecule has 9 rings (SSSR count). The second-order valence-corrected chi connectivity index (χ2v) is 18.7. The molecule has 4 aromatic carbocycles. The lowest BCUT2D eigenvalue weighted by Crippen LogP contribution is -2.42. The summed E-state index contributed by atoms with van der Waals surface area (Å²) in [7, 11) is 0. The Morgan fingerprint density at radius 2 is 1.05 bits per heavy atom. The van der Waals surface area contributed by atoms with Crippen LogP contribution in [-0.4, -0.2) is 15.0 Å². The van der Waals surface area contributed by atoms with Crippen molar-refractivity contribution in [3.05, 3.63) is 101 Å². The van der Waals surface area contributed by atoms with Crippen molar-refractivity contribution in [1.29, 1.82) is 10.5 Å². The monoisotopic (exact) mass is 723 g/mol. The van der Waals surface area contributed by atoms with Crippen LogP contribution in [-0.2, 0) is 10.8 Å². The topological polar surface area (TPSA) is 86.2 Å². The number of nitriles is 2. The summed E-state index contributed by atoms with van der Waals surface area (Å²) in [5, 5.41) is 21.4. The molecule has 0 aliphatic heterocycles. The number of hydrogen-bond donors (Lipinski definition) is 0. The van der Waals surface area contributed by atoms with E-state index in [0.29, 0.717) is 28.6 Å². The lowest BCUT2D eigenvalue weighted by Gasteiger charge is -2.51. The van der Waals surface area contributed by atoms with Crippen molar-refractivity contribution >= 4 is 10.8 Å². The van der Waals surface area contributed by atoms with Gasteiger partial charge in [-0.1, -0.05) is 88.7 Å². The molecule has 0 spiro atoms. The van der Waals surface area contributed by atoms with Crippen LogP contribution in [0.25, 0.3) is 44.9 Å². The number of hydrogen-bond acceptors (Lipinski definition) is 5. The Kier molecular flexibility index (Phi) is 9.12. The van der Waals surface area contributed by atoms with Crippen LogP contribution in [0, 0.1) is 58.2 Å². The van der Waals surface area contributed by atoms with E-state index in [9.17, 15) is 10.5 Å². The fourth-order valence-electron chi connectivity index (χ4n) is 12.6. The summed E-state index contributed by atoms with van der Waals surface area (Å²) in [6, 6.07) is 32.2. The van der Waals surface area contributed by atoms with Crippen LogP contribution in [0.4, 0.5) is 0 Å². The van der Waals surface area contributed by atoms with Gasteiger partial charge in [0.25, 0.3) is 0 Å². The highest BCUT2D eigenvalue weighted by Crippen LogP contribution is 2.56. The second kappa shape index (κ2) is 14.0. The zero-order valence-electron chi connectivity index (χ0n) is 33.0. The summed E-state index contributed by atoms with van der Waals surface area (Å²) in [6.45, 7) is 9.72. The van der Waals surface area contributed by atoms with E-state index in [-0.39, 0.29) is 10.8 Å². The normalized spacial score (nSPS) is 30.0. The van der Waals surface area contributed by atoms with Crippen LogP contribution in [0.3, 0.4) is 0 Å². The summed E-state index contributed by atoms with van der Waals surface area (Å²) in [5.41, 5.74) is 7.18. The maximum Gasteiger partial charge on any atom is 0.164 e. The Balaban J connectivity index is 1.14. The van der Waals surface area contributed by atoms with Crippen molar-refractivity contribution in [2.24, 2.45) is 35.5 Å². The third-order valence-electron chi connectivity index (χ3n) is 14.3. The summed E-state index contributed by atoms with van der Waals surface area (Å²) < 4.78 is 0. The van der Waals surface area contributed by atoms with Gasteiger partial charge in [0.2, 0.25) is 0 Å². The molecule has 8 atom stereocenters. The standard InChI is InChI=1S/C50H53N5/c1-5-34-19-37-18-33(4)25-50(26-34,28-37)43-13-9-40(10-14-43)47-53-46(39-7-11-42(12-8-39)49-23-31(2)16-36(27-49)17-32(3)24-49)54-48(55-47)45-22-38(30-52)21-41-20-35(29-51)6-15-44(41)45/h6-15,20-22,31-34,36-37H,5,16-19,23-28H2,1-4H3/t31-,32?,33+,34-,36-,37+,49?,50?/m0/s1. The molecule has 3 unspecified atom stereocenters. The maximum atomic E-state index is 10.1. The predicted octanol–water partition coefficient (Wildman–Crippen LogP) is 12.4. The molecule has 4 aliphatic carbocycles. The van der Waals surface area contributed by atoms with Crippen LogP contribution >= 0.6 is 0 Å². The molecule has 0 saturated heterocycles. The van der Waals surface area contributed by atoms with E-state index >= 15 is 0 Å². The number of aromatic nitrogens is 3. The van der Waals surface area contributed by atoms with E-state index in [2.05, 4.69) is 88.4 Å².